The number of phenolic OH excluding ortho intramolecular Hbond substituents is 3. The predicted molar refractivity (Wildman–Crippen MR) is 171 cm³/mol. The lowest BCUT2D eigenvalue weighted by atomic mass is 10.0. The van der Waals surface area contributed by atoms with E-state index in [2.05, 4.69) is 0 Å². The molecule has 0 aromatic heterocycles. The topological polar surface area (TPSA) is 129 Å². The predicted octanol–water partition coefficient (Wildman–Crippen LogP) is 7.59. The van der Waals surface area contributed by atoms with E-state index < -0.39 is 19.7 Å². The maximum atomic E-state index is 13.2. The Balaban J connectivity index is 0.000000175. The molecule has 0 radical (unpaired) electrons. The average Bonchev–Trinajstić information content (AvgIpc) is 3.01. The van der Waals surface area contributed by atoms with Crippen LogP contribution in [0.4, 0.5) is 0 Å². The van der Waals surface area contributed by atoms with Crippen molar-refractivity contribution < 1.29 is 32.2 Å². The van der Waals surface area contributed by atoms with Gasteiger partial charge in [0.25, 0.3) is 0 Å². The van der Waals surface area contributed by atoms with Crippen molar-refractivity contribution in [1.29, 1.82) is 0 Å². The van der Waals surface area contributed by atoms with Crippen LogP contribution in [-0.2, 0) is 19.7 Å². The van der Waals surface area contributed by atoms with Gasteiger partial charge in [-0.05, 0) is 76.9 Å². The van der Waals surface area contributed by atoms with Gasteiger partial charge in [-0.1, -0.05) is 80.6 Å². The fourth-order valence-electron chi connectivity index (χ4n) is 5.04. The van der Waals surface area contributed by atoms with Crippen LogP contribution in [0.2, 0.25) is 0 Å². The average molecular weight is 627 g/mol. The molecule has 0 saturated carbocycles. The molecular weight excluding hydrogens is 597 g/mol. The van der Waals surface area contributed by atoms with E-state index in [0.717, 1.165) is 10.8 Å². The molecular formula is C35H30O7S2. The second-order valence-electron chi connectivity index (χ2n) is 10.5. The van der Waals surface area contributed by atoms with Crippen molar-refractivity contribution in [3.63, 3.8) is 0 Å². The van der Waals surface area contributed by atoms with Gasteiger partial charge in [-0.3, -0.25) is 0 Å². The monoisotopic (exact) mass is 626 g/mol. The summed E-state index contributed by atoms with van der Waals surface area (Å²) in [5.74, 6) is -0.245. The molecule has 7 nitrogen and oxygen atoms in total. The minimum Gasteiger partial charge on any atom is -0.508 e. The lowest BCUT2D eigenvalue weighted by molar-refractivity contribution is 0.460. The van der Waals surface area contributed by atoms with Gasteiger partial charge in [-0.2, -0.15) is 0 Å². The number of hydrogen-bond acceptors (Lipinski definition) is 7. The van der Waals surface area contributed by atoms with Crippen molar-refractivity contribution >= 4 is 41.2 Å². The zero-order chi connectivity index (χ0) is 31.6. The fourth-order valence-corrected chi connectivity index (χ4v) is 8.41. The Bertz CT molecular complexity index is 2200. The second-order valence-corrected chi connectivity index (χ2v) is 14.3. The quantitative estimate of drug-likeness (QED) is 0.180. The van der Waals surface area contributed by atoms with Gasteiger partial charge < -0.3 is 15.3 Å². The molecule has 0 bridgehead atoms. The summed E-state index contributed by atoms with van der Waals surface area (Å²) in [7, 11) is -7.54. The van der Waals surface area contributed by atoms with Crippen LogP contribution in [0.5, 0.6) is 17.2 Å². The lowest BCUT2D eigenvalue weighted by Crippen LogP contribution is -2.07. The molecule has 6 aromatic rings. The number of hydrogen-bond donors (Lipinski definition) is 3. The summed E-state index contributed by atoms with van der Waals surface area (Å²) in [6.45, 7) is 3.83. The first-order chi connectivity index (χ1) is 20.9. The third-order valence-electron chi connectivity index (χ3n) is 7.22. The molecule has 0 saturated heterocycles. The van der Waals surface area contributed by atoms with Crippen molar-refractivity contribution in [2.45, 2.75) is 39.3 Å². The molecule has 44 heavy (non-hydrogen) atoms. The summed E-state index contributed by atoms with van der Waals surface area (Å²) in [5, 5.41) is 31.8. The van der Waals surface area contributed by atoms with Crippen LogP contribution in [0.15, 0.2) is 141 Å². The normalized spacial score (nSPS) is 11.8. The van der Waals surface area contributed by atoms with Gasteiger partial charge >= 0.3 is 0 Å². The van der Waals surface area contributed by atoms with E-state index in [9.17, 15) is 32.2 Å². The Morgan fingerprint density at radius 2 is 1.09 bits per heavy atom. The summed E-state index contributed by atoms with van der Waals surface area (Å²) < 4.78 is 51.9. The van der Waals surface area contributed by atoms with Gasteiger partial charge in [0.15, 0.2) is 0 Å². The molecule has 0 aliphatic rings. The molecule has 9 heteroatoms. The highest BCUT2D eigenvalue weighted by Crippen LogP contribution is 2.36. The Morgan fingerprint density at radius 3 is 1.75 bits per heavy atom. The number of phenols is 3. The SMILES string of the molecule is CC(C)c1cc(O)ccc1S(=O)(=O)c1cccc2ccccc12.O=S(=O)(c1ccc(O)cc1)c1c(O)ccc2ccccc12. The first-order valence-corrected chi connectivity index (χ1v) is 16.7. The minimum atomic E-state index is -3.87. The molecule has 0 aliphatic heterocycles. The van der Waals surface area contributed by atoms with Crippen LogP contribution in [0.1, 0.15) is 25.3 Å². The smallest absolute Gasteiger partial charge is 0.210 e. The van der Waals surface area contributed by atoms with Crippen LogP contribution in [0.25, 0.3) is 21.5 Å². The van der Waals surface area contributed by atoms with Crippen LogP contribution >= 0.6 is 0 Å². The molecule has 0 heterocycles. The fraction of sp³-hybridized carbons (Fsp3) is 0.0857. The van der Waals surface area contributed by atoms with E-state index in [-0.39, 0.29) is 37.9 Å². The van der Waals surface area contributed by atoms with E-state index in [1.165, 1.54) is 48.5 Å². The van der Waals surface area contributed by atoms with Gasteiger partial charge in [0.05, 0.1) is 14.7 Å². The highest BCUT2D eigenvalue weighted by molar-refractivity contribution is 7.92. The Kier molecular flexibility index (Phi) is 8.36. The van der Waals surface area contributed by atoms with E-state index in [1.54, 1.807) is 42.5 Å². The van der Waals surface area contributed by atoms with E-state index >= 15 is 0 Å². The zero-order valence-corrected chi connectivity index (χ0v) is 25.5. The number of sulfone groups is 2. The Hall–Kier alpha value is -4.86. The first-order valence-electron chi connectivity index (χ1n) is 13.7. The number of rotatable bonds is 5. The largest absolute Gasteiger partial charge is 0.508 e. The summed E-state index contributed by atoms with van der Waals surface area (Å²) in [6.07, 6.45) is 0. The van der Waals surface area contributed by atoms with Gasteiger partial charge in [-0.25, -0.2) is 16.8 Å². The number of aromatic hydroxyl groups is 3. The molecule has 0 atom stereocenters. The molecule has 6 rings (SSSR count). The molecule has 0 amide bonds. The summed E-state index contributed by atoms with van der Waals surface area (Å²) in [4.78, 5) is 0.447. The van der Waals surface area contributed by atoms with Gasteiger partial charge in [0.1, 0.15) is 22.1 Å². The highest BCUT2D eigenvalue weighted by Gasteiger charge is 2.25. The van der Waals surface area contributed by atoms with Crippen molar-refractivity contribution in [1.82, 2.24) is 0 Å². The lowest BCUT2D eigenvalue weighted by Gasteiger charge is -2.15. The van der Waals surface area contributed by atoms with E-state index in [4.69, 9.17) is 0 Å². The van der Waals surface area contributed by atoms with Crippen molar-refractivity contribution in [2.75, 3.05) is 0 Å². The number of benzene rings is 6. The maximum absolute atomic E-state index is 13.2. The zero-order valence-electron chi connectivity index (χ0n) is 23.9. The van der Waals surface area contributed by atoms with Gasteiger partial charge in [0.2, 0.25) is 19.7 Å². The molecule has 3 N–H and O–H groups in total. The van der Waals surface area contributed by atoms with Gasteiger partial charge in [-0.15, -0.1) is 0 Å². The van der Waals surface area contributed by atoms with E-state index in [0.29, 0.717) is 21.2 Å². The summed E-state index contributed by atoms with van der Waals surface area (Å²) >= 11 is 0. The molecule has 0 unspecified atom stereocenters. The Morgan fingerprint density at radius 1 is 0.523 bits per heavy atom. The Labute approximate surface area is 256 Å². The summed E-state index contributed by atoms with van der Waals surface area (Å²) in [5.41, 5.74) is 0.623. The molecule has 6 aromatic carbocycles. The van der Waals surface area contributed by atoms with E-state index in [1.807, 2.05) is 44.2 Å². The number of fused-ring (bicyclic) bond motifs is 2. The maximum Gasteiger partial charge on any atom is 0.210 e. The van der Waals surface area contributed by atoms with Crippen LogP contribution in [0.3, 0.4) is 0 Å². The molecule has 0 spiro atoms. The van der Waals surface area contributed by atoms with Crippen LogP contribution in [0, 0.1) is 0 Å². The molecule has 224 valence electrons. The first kappa shape index (κ1) is 30.6. The van der Waals surface area contributed by atoms with Crippen molar-refractivity contribution in [2.24, 2.45) is 0 Å². The van der Waals surface area contributed by atoms with Crippen LogP contribution < -0.4 is 0 Å². The molecule has 0 fully saturated rings. The van der Waals surface area contributed by atoms with Crippen LogP contribution in [-0.4, -0.2) is 32.2 Å². The third-order valence-corrected chi connectivity index (χ3v) is 11.0. The highest BCUT2D eigenvalue weighted by atomic mass is 32.2. The third kappa shape index (κ3) is 5.84. The second kappa shape index (κ2) is 12.0. The summed E-state index contributed by atoms with van der Waals surface area (Å²) in [6, 6.07) is 32.4. The van der Waals surface area contributed by atoms with Crippen molar-refractivity contribution in [3.8, 4) is 17.2 Å². The van der Waals surface area contributed by atoms with Gasteiger partial charge in [0, 0.05) is 10.8 Å². The molecule has 0 aliphatic carbocycles. The minimum absolute atomic E-state index is 0.0122. The standard InChI is InChI=1S/C19H18O3S.C16H12O4S/c1-13(2)17-12-15(20)10-11-19(17)23(21,22)18-9-5-7-14-6-3-4-8-16(14)18;17-12-6-8-13(9-7-12)21(19,20)16-14-4-2-1-3-11(14)5-10-15(16)18/h3-13,20H,1-2H3;1-10,17-18H. The van der Waals surface area contributed by atoms with Crippen molar-refractivity contribution in [3.05, 3.63) is 127 Å².